The number of hydrogen-bond acceptors (Lipinski definition) is 3. The Morgan fingerprint density at radius 3 is 2.64 bits per heavy atom. The third-order valence-corrected chi connectivity index (χ3v) is 2.04. The molecule has 1 amide bonds. The van der Waals surface area contributed by atoms with Gasteiger partial charge in [0.25, 0.3) is 5.91 Å². The maximum absolute atomic E-state index is 11.3. The fraction of sp³-hybridized carbons (Fsp3) is 0.200. The molecular formula is C10H11N3O. The Morgan fingerprint density at radius 2 is 2.07 bits per heavy atom. The van der Waals surface area contributed by atoms with Crippen molar-refractivity contribution in [2.24, 2.45) is 10.8 Å². The zero-order valence-electron chi connectivity index (χ0n) is 7.68. The van der Waals surface area contributed by atoms with E-state index in [1.807, 2.05) is 30.3 Å². The molecule has 0 unspecified atom stereocenters. The van der Waals surface area contributed by atoms with Gasteiger partial charge in [0.2, 0.25) is 0 Å². The first-order chi connectivity index (χ1) is 6.75. The summed E-state index contributed by atoms with van der Waals surface area (Å²) in [6.45, 7) is 0.500. The van der Waals surface area contributed by atoms with Gasteiger partial charge in [0.15, 0.2) is 0 Å². The first-order valence-electron chi connectivity index (χ1n) is 4.43. The summed E-state index contributed by atoms with van der Waals surface area (Å²) in [4.78, 5) is 11.3. The second-order valence-corrected chi connectivity index (χ2v) is 3.21. The van der Waals surface area contributed by atoms with E-state index < -0.39 is 0 Å². The van der Waals surface area contributed by atoms with Crippen LogP contribution in [-0.2, 0) is 11.3 Å². The largest absolute Gasteiger partial charge is 0.385 e. The highest BCUT2D eigenvalue weighted by molar-refractivity contribution is 6.02. The number of nitrogens with two attached hydrogens (primary N) is 1. The molecule has 0 spiro atoms. The van der Waals surface area contributed by atoms with Crippen molar-refractivity contribution in [1.82, 2.24) is 5.01 Å². The standard InChI is InChI=1S/C10H11N3O/c11-9-6-10(14)13(12-9)7-8-4-2-1-3-5-8/h1-5H,6-7H2,(H2,11,12). The maximum atomic E-state index is 11.3. The third kappa shape index (κ3) is 1.74. The normalized spacial score (nSPS) is 15.9. The summed E-state index contributed by atoms with van der Waals surface area (Å²) < 4.78 is 0. The Balaban J connectivity index is 2.09. The molecule has 0 bridgehead atoms. The van der Waals surface area contributed by atoms with Gasteiger partial charge in [-0.2, -0.15) is 5.10 Å². The predicted molar refractivity (Wildman–Crippen MR) is 53.2 cm³/mol. The van der Waals surface area contributed by atoms with Gasteiger partial charge < -0.3 is 5.73 Å². The van der Waals surface area contributed by atoms with Gasteiger partial charge in [-0.25, -0.2) is 5.01 Å². The lowest BCUT2D eigenvalue weighted by atomic mass is 10.2. The Bertz CT molecular complexity index is 372. The average molecular weight is 189 g/mol. The van der Waals surface area contributed by atoms with Gasteiger partial charge in [-0.3, -0.25) is 4.79 Å². The summed E-state index contributed by atoms with van der Waals surface area (Å²) >= 11 is 0. The molecule has 14 heavy (non-hydrogen) atoms. The molecule has 72 valence electrons. The van der Waals surface area contributed by atoms with E-state index >= 15 is 0 Å². The molecule has 1 heterocycles. The molecule has 4 nitrogen and oxygen atoms in total. The summed E-state index contributed by atoms with van der Waals surface area (Å²) in [6, 6.07) is 9.72. The van der Waals surface area contributed by atoms with Crippen molar-refractivity contribution in [1.29, 1.82) is 0 Å². The number of hydrazone groups is 1. The van der Waals surface area contributed by atoms with Crippen molar-refractivity contribution in [3.05, 3.63) is 35.9 Å². The first kappa shape index (κ1) is 8.74. The first-order valence-corrected chi connectivity index (χ1v) is 4.43. The molecule has 2 N–H and O–H groups in total. The van der Waals surface area contributed by atoms with E-state index in [1.165, 1.54) is 5.01 Å². The summed E-state index contributed by atoms with van der Waals surface area (Å²) in [7, 11) is 0. The van der Waals surface area contributed by atoms with E-state index in [1.54, 1.807) is 0 Å². The van der Waals surface area contributed by atoms with Crippen LogP contribution in [0.2, 0.25) is 0 Å². The lowest BCUT2D eigenvalue weighted by Gasteiger charge is -2.10. The van der Waals surface area contributed by atoms with Crippen LogP contribution in [-0.4, -0.2) is 16.8 Å². The molecule has 1 aliphatic rings. The molecule has 0 fully saturated rings. The summed E-state index contributed by atoms with van der Waals surface area (Å²) in [6.07, 6.45) is 0.243. The number of carbonyl (C=O) groups excluding carboxylic acids is 1. The molecule has 1 aliphatic heterocycles. The minimum atomic E-state index is -0.0358. The number of benzene rings is 1. The number of nitrogens with zero attached hydrogens (tertiary/aromatic N) is 2. The van der Waals surface area contributed by atoms with Crippen molar-refractivity contribution in [2.75, 3.05) is 0 Å². The van der Waals surface area contributed by atoms with E-state index in [0.717, 1.165) is 5.56 Å². The molecule has 4 heteroatoms. The van der Waals surface area contributed by atoms with Crippen LogP contribution in [0.4, 0.5) is 0 Å². The van der Waals surface area contributed by atoms with Gasteiger partial charge in [0.05, 0.1) is 13.0 Å². The lowest BCUT2D eigenvalue weighted by molar-refractivity contribution is -0.129. The van der Waals surface area contributed by atoms with Crippen molar-refractivity contribution in [3.8, 4) is 0 Å². The topological polar surface area (TPSA) is 58.7 Å². The van der Waals surface area contributed by atoms with Gasteiger partial charge in [-0.1, -0.05) is 30.3 Å². The lowest BCUT2D eigenvalue weighted by Crippen LogP contribution is -2.20. The molecule has 1 aromatic rings. The molecule has 0 aliphatic carbocycles. The quantitative estimate of drug-likeness (QED) is 0.744. The monoisotopic (exact) mass is 189 g/mol. The molecule has 0 saturated carbocycles. The Labute approximate surface area is 82.0 Å². The maximum Gasteiger partial charge on any atom is 0.250 e. The number of rotatable bonds is 2. The van der Waals surface area contributed by atoms with Crippen molar-refractivity contribution >= 4 is 11.7 Å². The molecule has 2 rings (SSSR count). The van der Waals surface area contributed by atoms with Crippen LogP contribution in [0.25, 0.3) is 0 Å². The number of amidine groups is 1. The SMILES string of the molecule is NC1=NN(Cc2ccccc2)C(=O)C1. The van der Waals surface area contributed by atoms with E-state index in [0.29, 0.717) is 12.4 Å². The Morgan fingerprint density at radius 1 is 1.36 bits per heavy atom. The zero-order chi connectivity index (χ0) is 9.97. The van der Waals surface area contributed by atoms with E-state index in [9.17, 15) is 4.79 Å². The molecule has 0 radical (unpaired) electrons. The van der Waals surface area contributed by atoms with Crippen LogP contribution >= 0.6 is 0 Å². The summed E-state index contributed by atoms with van der Waals surface area (Å²) in [5.41, 5.74) is 6.51. The minimum Gasteiger partial charge on any atom is -0.385 e. The van der Waals surface area contributed by atoms with Crippen LogP contribution < -0.4 is 5.73 Å². The van der Waals surface area contributed by atoms with Crippen LogP contribution in [0.3, 0.4) is 0 Å². The smallest absolute Gasteiger partial charge is 0.250 e. The number of carbonyl (C=O) groups is 1. The highest BCUT2D eigenvalue weighted by Crippen LogP contribution is 2.10. The number of hydrogen-bond donors (Lipinski definition) is 1. The summed E-state index contributed by atoms with van der Waals surface area (Å²) in [5.74, 6) is 0.359. The fourth-order valence-electron chi connectivity index (χ4n) is 1.37. The van der Waals surface area contributed by atoms with E-state index in [4.69, 9.17) is 5.73 Å². The third-order valence-electron chi connectivity index (χ3n) is 2.04. The highest BCUT2D eigenvalue weighted by Gasteiger charge is 2.21. The molecular weight excluding hydrogens is 178 g/mol. The summed E-state index contributed by atoms with van der Waals surface area (Å²) in [5, 5.41) is 5.35. The van der Waals surface area contributed by atoms with Crippen molar-refractivity contribution < 1.29 is 4.79 Å². The van der Waals surface area contributed by atoms with Crippen LogP contribution in [0.5, 0.6) is 0 Å². The second-order valence-electron chi connectivity index (χ2n) is 3.21. The van der Waals surface area contributed by atoms with Gasteiger partial charge in [0, 0.05) is 0 Å². The van der Waals surface area contributed by atoms with Gasteiger partial charge in [-0.15, -0.1) is 0 Å². The predicted octanol–water partition coefficient (Wildman–Crippen LogP) is 0.691. The van der Waals surface area contributed by atoms with E-state index in [-0.39, 0.29) is 12.3 Å². The number of amides is 1. The second kappa shape index (κ2) is 3.49. The fourth-order valence-corrected chi connectivity index (χ4v) is 1.37. The molecule has 0 aromatic heterocycles. The van der Waals surface area contributed by atoms with Crippen molar-refractivity contribution in [3.63, 3.8) is 0 Å². The van der Waals surface area contributed by atoms with Crippen molar-refractivity contribution in [2.45, 2.75) is 13.0 Å². The van der Waals surface area contributed by atoms with Crippen LogP contribution in [0.1, 0.15) is 12.0 Å². The van der Waals surface area contributed by atoms with Crippen LogP contribution in [0.15, 0.2) is 35.4 Å². The van der Waals surface area contributed by atoms with Gasteiger partial charge in [-0.05, 0) is 5.56 Å². The minimum absolute atomic E-state index is 0.0358. The molecule has 1 aromatic carbocycles. The molecule has 0 atom stereocenters. The van der Waals surface area contributed by atoms with Crippen LogP contribution in [0, 0.1) is 0 Å². The molecule has 0 saturated heterocycles. The highest BCUT2D eigenvalue weighted by atomic mass is 16.2. The zero-order valence-corrected chi connectivity index (χ0v) is 7.68. The van der Waals surface area contributed by atoms with E-state index in [2.05, 4.69) is 5.10 Å². The Kier molecular flexibility index (Phi) is 2.18. The van der Waals surface area contributed by atoms with Gasteiger partial charge >= 0.3 is 0 Å². The average Bonchev–Trinajstić information content (AvgIpc) is 2.47. The Hall–Kier alpha value is -1.84. The van der Waals surface area contributed by atoms with Gasteiger partial charge in [0.1, 0.15) is 5.84 Å².